The monoisotopic (exact) mass is 117 g/mol. The first-order valence-electron chi connectivity index (χ1n) is 2.15. The van der Waals surface area contributed by atoms with Crippen LogP contribution in [-0.4, -0.2) is 17.5 Å². The van der Waals surface area contributed by atoms with Gasteiger partial charge in [-0.1, -0.05) is 0 Å². The molecule has 2 nitrogen and oxygen atoms in total. The molecule has 1 heterocycles. The molecular weight excluding hydrogens is 110 g/mol. The van der Waals surface area contributed by atoms with Gasteiger partial charge in [0, 0.05) is 0 Å². The Morgan fingerprint density at radius 1 is 2.00 bits per heavy atom. The second-order valence-corrected chi connectivity index (χ2v) is 2.54. The van der Waals surface area contributed by atoms with Crippen molar-refractivity contribution in [1.29, 1.82) is 0 Å². The molecule has 0 spiro atoms. The van der Waals surface area contributed by atoms with E-state index in [-0.39, 0.29) is 5.91 Å². The van der Waals surface area contributed by atoms with Crippen molar-refractivity contribution in [1.82, 2.24) is 5.32 Å². The van der Waals surface area contributed by atoms with E-state index in [4.69, 9.17) is 0 Å². The van der Waals surface area contributed by atoms with Crippen LogP contribution in [0.2, 0.25) is 0 Å². The van der Waals surface area contributed by atoms with Gasteiger partial charge in [-0.25, -0.2) is 0 Å². The first-order valence-corrected chi connectivity index (χ1v) is 3.44. The van der Waals surface area contributed by atoms with E-state index in [0.29, 0.717) is 11.8 Å². The van der Waals surface area contributed by atoms with Crippen molar-refractivity contribution in [2.75, 3.05) is 6.26 Å². The molecule has 40 valence electrons. The maximum atomic E-state index is 10.1. The second kappa shape index (κ2) is 1.74. The lowest BCUT2D eigenvalue weighted by Crippen LogP contribution is -2.45. The van der Waals surface area contributed by atoms with Crippen LogP contribution in [0.15, 0.2) is 0 Å². The molecule has 0 saturated carbocycles. The van der Waals surface area contributed by atoms with E-state index in [2.05, 4.69) is 5.32 Å². The van der Waals surface area contributed by atoms with Crippen LogP contribution in [0, 0.1) is 0 Å². The Morgan fingerprint density at radius 2 is 2.57 bits per heavy atom. The molecule has 0 bridgehead atoms. The minimum Gasteiger partial charge on any atom is -0.344 e. The summed E-state index contributed by atoms with van der Waals surface area (Å²) in [6, 6.07) is 0. The van der Waals surface area contributed by atoms with Gasteiger partial charge in [0.15, 0.2) is 0 Å². The van der Waals surface area contributed by atoms with Gasteiger partial charge in [-0.3, -0.25) is 4.79 Å². The van der Waals surface area contributed by atoms with Crippen LogP contribution in [0.25, 0.3) is 0 Å². The average molecular weight is 117 g/mol. The zero-order valence-corrected chi connectivity index (χ0v) is 4.92. The predicted molar refractivity (Wildman–Crippen MR) is 30.1 cm³/mol. The minimum absolute atomic E-state index is 0.180. The Bertz CT molecular complexity index is 85.7. The van der Waals surface area contributed by atoms with Gasteiger partial charge in [0.1, 0.15) is 0 Å². The number of carbonyl (C=O) groups is 1. The number of amides is 1. The number of thioether (sulfide) groups is 1. The van der Waals surface area contributed by atoms with E-state index in [1.807, 2.05) is 6.26 Å². The lowest BCUT2D eigenvalue weighted by Gasteiger charge is -2.24. The molecule has 1 atom stereocenters. The largest absolute Gasteiger partial charge is 0.344 e. The first kappa shape index (κ1) is 4.97. The van der Waals surface area contributed by atoms with Gasteiger partial charge >= 0.3 is 0 Å². The second-order valence-electron chi connectivity index (χ2n) is 1.50. The topological polar surface area (TPSA) is 29.1 Å². The Morgan fingerprint density at radius 3 is 2.71 bits per heavy atom. The van der Waals surface area contributed by atoms with Crippen molar-refractivity contribution in [2.24, 2.45) is 0 Å². The molecular formula is C4H7NOS. The number of carbonyl (C=O) groups excluding carboxylic acids is 1. The molecule has 7 heavy (non-hydrogen) atoms. The van der Waals surface area contributed by atoms with E-state index in [9.17, 15) is 4.79 Å². The van der Waals surface area contributed by atoms with E-state index >= 15 is 0 Å². The molecule has 0 unspecified atom stereocenters. The molecule has 1 rings (SSSR count). The van der Waals surface area contributed by atoms with Gasteiger partial charge in [-0.05, 0) is 6.26 Å². The quantitative estimate of drug-likeness (QED) is 0.497. The van der Waals surface area contributed by atoms with E-state index in [1.54, 1.807) is 11.8 Å². The molecule has 0 aliphatic carbocycles. The van der Waals surface area contributed by atoms with Crippen LogP contribution < -0.4 is 5.32 Å². The summed E-state index contributed by atoms with van der Waals surface area (Å²) in [5, 5.41) is 3.13. The summed E-state index contributed by atoms with van der Waals surface area (Å²) in [5.41, 5.74) is 0. The standard InChI is InChI=1S/C4H7NOS/c1-7-4-2-3(6)5-4/h4H,2H2,1H3,(H,5,6)/t4-/m0/s1. The highest BCUT2D eigenvalue weighted by Gasteiger charge is 2.22. The minimum atomic E-state index is 0.180. The smallest absolute Gasteiger partial charge is 0.223 e. The van der Waals surface area contributed by atoms with Crippen molar-refractivity contribution in [3.63, 3.8) is 0 Å². The lowest BCUT2D eigenvalue weighted by atomic mass is 10.3. The van der Waals surface area contributed by atoms with E-state index in [0.717, 1.165) is 0 Å². The fraction of sp³-hybridized carbons (Fsp3) is 0.750. The number of rotatable bonds is 1. The van der Waals surface area contributed by atoms with Crippen LogP contribution in [-0.2, 0) is 4.79 Å². The molecule has 3 heteroatoms. The van der Waals surface area contributed by atoms with Crippen molar-refractivity contribution in [3.8, 4) is 0 Å². The van der Waals surface area contributed by atoms with Crippen LogP contribution >= 0.6 is 11.8 Å². The van der Waals surface area contributed by atoms with Crippen molar-refractivity contribution in [2.45, 2.75) is 11.8 Å². The summed E-state index contributed by atoms with van der Waals surface area (Å²) in [7, 11) is 0. The predicted octanol–water partition coefficient (Wildman–Crippen LogP) is 0.195. The van der Waals surface area contributed by atoms with Crippen molar-refractivity contribution in [3.05, 3.63) is 0 Å². The molecule has 1 saturated heterocycles. The normalized spacial score (nSPS) is 28.7. The zero-order valence-electron chi connectivity index (χ0n) is 4.10. The molecule has 1 fully saturated rings. The highest BCUT2D eigenvalue weighted by Crippen LogP contribution is 2.14. The van der Waals surface area contributed by atoms with E-state index in [1.165, 1.54) is 0 Å². The highest BCUT2D eigenvalue weighted by molar-refractivity contribution is 7.99. The molecule has 0 aromatic rings. The molecule has 1 amide bonds. The number of nitrogens with one attached hydrogen (secondary N) is 1. The third-order valence-corrected chi connectivity index (χ3v) is 1.83. The summed E-state index contributed by atoms with van der Waals surface area (Å²) >= 11 is 1.68. The number of β-lactam (4-membered cyclic amide) rings is 1. The SMILES string of the molecule is CS[C@H]1CC(=O)N1. The zero-order chi connectivity index (χ0) is 5.28. The molecule has 1 N–H and O–H groups in total. The Labute approximate surface area is 46.7 Å². The molecule has 0 aromatic heterocycles. The molecule has 1 aliphatic rings. The van der Waals surface area contributed by atoms with Gasteiger partial charge in [-0.2, -0.15) is 0 Å². The van der Waals surface area contributed by atoms with Gasteiger partial charge in [0.25, 0.3) is 0 Å². The third-order valence-electron chi connectivity index (χ3n) is 0.977. The summed E-state index contributed by atoms with van der Waals surface area (Å²) in [6.07, 6.45) is 2.70. The van der Waals surface area contributed by atoms with E-state index < -0.39 is 0 Å². The van der Waals surface area contributed by atoms with Gasteiger partial charge in [0.05, 0.1) is 11.8 Å². The first-order chi connectivity index (χ1) is 3.33. The maximum Gasteiger partial charge on any atom is 0.223 e. The van der Waals surface area contributed by atoms with Crippen molar-refractivity contribution >= 4 is 17.7 Å². The number of hydrogen-bond acceptors (Lipinski definition) is 2. The third kappa shape index (κ3) is 0.881. The Kier molecular flexibility index (Phi) is 1.23. The van der Waals surface area contributed by atoms with Crippen LogP contribution in [0.3, 0.4) is 0 Å². The lowest BCUT2D eigenvalue weighted by molar-refractivity contribution is -0.126. The summed E-state index contributed by atoms with van der Waals surface area (Å²) in [6.45, 7) is 0. The van der Waals surface area contributed by atoms with Gasteiger partial charge < -0.3 is 5.32 Å². The Balaban J connectivity index is 2.17. The number of hydrogen-bond donors (Lipinski definition) is 1. The average Bonchev–Trinajstić information content (AvgIpc) is 1.58. The van der Waals surface area contributed by atoms with Crippen LogP contribution in [0.1, 0.15) is 6.42 Å². The molecule has 0 aromatic carbocycles. The summed E-state index contributed by atoms with van der Waals surface area (Å²) in [4.78, 5) is 10.1. The van der Waals surface area contributed by atoms with Gasteiger partial charge in [0.2, 0.25) is 5.91 Å². The Hall–Kier alpha value is -0.180. The fourth-order valence-electron chi connectivity index (χ4n) is 0.469. The maximum absolute atomic E-state index is 10.1. The van der Waals surface area contributed by atoms with Crippen molar-refractivity contribution < 1.29 is 4.79 Å². The summed E-state index contributed by atoms with van der Waals surface area (Å²) < 4.78 is 0. The fourth-order valence-corrected chi connectivity index (χ4v) is 1.04. The summed E-state index contributed by atoms with van der Waals surface area (Å²) in [5.74, 6) is 0.180. The molecule has 1 aliphatic heterocycles. The van der Waals surface area contributed by atoms with Gasteiger partial charge in [-0.15, -0.1) is 11.8 Å². The molecule has 0 radical (unpaired) electrons. The highest BCUT2D eigenvalue weighted by atomic mass is 32.2. The van der Waals surface area contributed by atoms with Crippen LogP contribution in [0.4, 0.5) is 0 Å². The van der Waals surface area contributed by atoms with Crippen LogP contribution in [0.5, 0.6) is 0 Å².